The van der Waals surface area contributed by atoms with Crippen LogP contribution in [0, 0.1) is 0 Å². The molecule has 0 bridgehead atoms. The van der Waals surface area contributed by atoms with Gasteiger partial charge in [0.15, 0.2) is 0 Å². The number of amides is 1. The summed E-state index contributed by atoms with van der Waals surface area (Å²) in [6.45, 7) is -0.0357. The SMILES string of the molecule is COCC(=O)N(C)c1ccccc1C(=O)OC. The van der Waals surface area contributed by atoms with Gasteiger partial charge in [-0.15, -0.1) is 0 Å². The van der Waals surface area contributed by atoms with Crippen LogP contribution in [0.5, 0.6) is 0 Å². The molecule has 5 nitrogen and oxygen atoms in total. The van der Waals surface area contributed by atoms with Crippen molar-refractivity contribution in [3.63, 3.8) is 0 Å². The first-order valence-electron chi connectivity index (χ1n) is 5.04. The van der Waals surface area contributed by atoms with Gasteiger partial charge in [-0.05, 0) is 12.1 Å². The molecule has 0 spiro atoms. The van der Waals surface area contributed by atoms with Crippen molar-refractivity contribution in [2.75, 3.05) is 32.8 Å². The lowest BCUT2D eigenvalue weighted by Crippen LogP contribution is -2.31. The molecule has 0 atom stereocenters. The molecule has 5 heteroatoms. The normalized spacial score (nSPS) is 9.82. The molecule has 0 saturated carbocycles. The molecule has 1 rings (SSSR count). The number of hydrogen-bond donors (Lipinski definition) is 0. The minimum Gasteiger partial charge on any atom is -0.465 e. The molecule has 0 unspecified atom stereocenters. The van der Waals surface area contributed by atoms with Crippen molar-refractivity contribution in [1.82, 2.24) is 0 Å². The third kappa shape index (κ3) is 3.04. The molecule has 1 aromatic rings. The first kappa shape index (κ1) is 13.2. The standard InChI is InChI=1S/C12H15NO4/c1-13(11(14)8-16-2)10-7-5-4-6-9(10)12(15)17-3/h4-7H,8H2,1-3H3. The van der Waals surface area contributed by atoms with Crippen LogP contribution in [0.4, 0.5) is 5.69 Å². The number of carbonyl (C=O) groups is 2. The number of para-hydroxylation sites is 1. The molecule has 0 aromatic heterocycles. The summed E-state index contributed by atoms with van der Waals surface area (Å²) in [5.74, 6) is -0.707. The predicted molar refractivity (Wildman–Crippen MR) is 63.1 cm³/mol. The highest BCUT2D eigenvalue weighted by Crippen LogP contribution is 2.20. The summed E-state index contributed by atoms with van der Waals surface area (Å²) in [6.07, 6.45) is 0. The Bertz CT molecular complexity index is 417. The van der Waals surface area contributed by atoms with Crippen LogP contribution in [0.25, 0.3) is 0 Å². The largest absolute Gasteiger partial charge is 0.465 e. The number of anilines is 1. The smallest absolute Gasteiger partial charge is 0.339 e. The van der Waals surface area contributed by atoms with Gasteiger partial charge in [-0.25, -0.2) is 4.79 Å². The van der Waals surface area contributed by atoms with Crippen molar-refractivity contribution in [3.05, 3.63) is 29.8 Å². The van der Waals surface area contributed by atoms with E-state index in [9.17, 15) is 9.59 Å². The zero-order valence-electron chi connectivity index (χ0n) is 10.1. The van der Waals surface area contributed by atoms with E-state index in [4.69, 9.17) is 4.74 Å². The fourth-order valence-electron chi connectivity index (χ4n) is 1.40. The summed E-state index contributed by atoms with van der Waals surface area (Å²) in [5.41, 5.74) is 0.850. The first-order valence-corrected chi connectivity index (χ1v) is 5.04. The van der Waals surface area contributed by atoms with Crippen LogP contribution in [-0.4, -0.2) is 39.8 Å². The van der Waals surface area contributed by atoms with Crippen LogP contribution in [-0.2, 0) is 14.3 Å². The van der Waals surface area contributed by atoms with E-state index in [0.717, 1.165) is 0 Å². The van der Waals surface area contributed by atoms with Crippen molar-refractivity contribution < 1.29 is 19.1 Å². The van der Waals surface area contributed by atoms with Gasteiger partial charge in [0.2, 0.25) is 0 Å². The van der Waals surface area contributed by atoms with Crippen LogP contribution >= 0.6 is 0 Å². The quantitative estimate of drug-likeness (QED) is 0.735. The molecule has 0 radical (unpaired) electrons. The van der Waals surface area contributed by atoms with Crippen molar-refractivity contribution in [2.24, 2.45) is 0 Å². The summed E-state index contributed by atoms with van der Waals surface area (Å²) in [5, 5.41) is 0. The van der Waals surface area contributed by atoms with Crippen LogP contribution in [0.2, 0.25) is 0 Å². The Morgan fingerprint density at radius 3 is 2.47 bits per heavy atom. The van der Waals surface area contributed by atoms with E-state index in [2.05, 4.69) is 4.74 Å². The molecular formula is C12H15NO4. The van der Waals surface area contributed by atoms with Crippen molar-refractivity contribution in [1.29, 1.82) is 0 Å². The second-order valence-electron chi connectivity index (χ2n) is 3.39. The maximum atomic E-state index is 11.7. The molecule has 1 aromatic carbocycles. The van der Waals surface area contributed by atoms with Crippen LogP contribution in [0.15, 0.2) is 24.3 Å². The van der Waals surface area contributed by atoms with Crippen LogP contribution in [0.3, 0.4) is 0 Å². The molecular weight excluding hydrogens is 222 g/mol. The Morgan fingerprint density at radius 1 is 1.24 bits per heavy atom. The zero-order chi connectivity index (χ0) is 12.8. The third-order valence-corrected chi connectivity index (χ3v) is 2.31. The molecule has 0 aliphatic rings. The topological polar surface area (TPSA) is 55.8 Å². The average Bonchev–Trinajstić information content (AvgIpc) is 2.37. The third-order valence-electron chi connectivity index (χ3n) is 2.31. The lowest BCUT2D eigenvalue weighted by Gasteiger charge is -2.19. The average molecular weight is 237 g/mol. The molecule has 0 heterocycles. The highest BCUT2D eigenvalue weighted by molar-refractivity contribution is 6.02. The molecule has 92 valence electrons. The van der Waals surface area contributed by atoms with Crippen molar-refractivity contribution in [2.45, 2.75) is 0 Å². The number of nitrogens with zero attached hydrogens (tertiary/aromatic N) is 1. The van der Waals surface area contributed by atoms with E-state index >= 15 is 0 Å². The lowest BCUT2D eigenvalue weighted by molar-refractivity contribution is -0.121. The van der Waals surface area contributed by atoms with Gasteiger partial charge in [-0.1, -0.05) is 12.1 Å². The molecule has 0 N–H and O–H groups in total. The number of benzene rings is 1. The number of hydrogen-bond acceptors (Lipinski definition) is 4. The first-order chi connectivity index (χ1) is 8.11. The van der Waals surface area contributed by atoms with E-state index in [-0.39, 0.29) is 12.5 Å². The molecule has 17 heavy (non-hydrogen) atoms. The molecule has 1 amide bonds. The number of esters is 1. The summed E-state index contributed by atoms with van der Waals surface area (Å²) < 4.78 is 9.42. The van der Waals surface area contributed by atoms with E-state index in [1.807, 2.05) is 0 Å². The van der Waals surface area contributed by atoms with Gasteiger partial charge in [0.05, 0.1) is 18.4 Å². The predicted octanol–water partition coefficient (Wildman–Crippen LogP) is 1.08. The Hall–Kier alpha value is -1.88. The second-order valence-corrected chi connectivity index (χ2v) is 3.39. The Kier molecular flexibility index (Phi) is 4.66. The minimum atomic E-state index is -0.474. The molecule has 0 fully saturated rings. The maximum Gasteiger partial charge on any atom is 0.339 e. The number of ether oxygens (including phenoxy) is 2. The number of carbonyl (C=O) groups excluding carboxylic acids is 2. The summed E-state index contributed by atoms with van der Waals surface area (Å²) in [6, 6.07) is 6.75. The van der Waals surface area contributed by atoms with E-state index in [1.165, 1.54) is 19.1 Å². The number of likely N-dealkylation sites (N-methyl/N-ethyl adjacent to an activating group) is 1. The van der Waals surface area contributed by atoms with Gasteiger partial charge in [0.1, 0.15) is 6.61 Å². The van der Waals surface area contributed by atoms with Gasteiger partial charge in [0.25, 0.3) is 5.91 Å². The zero-order valence-corrected chi connectivity index (χ0v) is 10.1. The van der Waals surface area contributed by atoms with Gasteiger partial charge in [-0.3, -0.25) is 4.79 Å². The van der Waals surface area contributed by atoms with Crippen LogP contribution < -0.4 is 4.90 Å². The highest BCUT2D eigenvalue weighted by Gasteiger charge is 2.18. The number of rotatable bonds is 4. The Labute approximate surface area is 99.9 Å². The van der Waals surface area contributed by atoms with Gasteiger partial charge in [0, 0.05) is 14.2 Å². The highest BCUT2D eigenvalue weighted by atomic mass is 16.5. The van der Waals surface area contributed by atoms with Crippen molar-refractivity contribution in [3.8, 4) is 0 Å². The number of methoxy groups -OCH3 is 2. The Morgan fingerprint density at radius 2 is 1.88 bits per heavy atom. The fraction of sp³-hybridized carbons (Fsp3) is 0.333. The van der Waals surface area contributed by atoms with E-state index < -0.39 is 5.97 Å². The molecule has 0 aliphatic heterocycles. The lowest BCUT2D eigenvalue weighted by atomic mass is 10.1. The summed E-state index contributed by atoms with van der Waals surface area (Å²) in [7, 11) is 4.33. The van der Waals surface area contributed by atoms with Gasteiger partial charge in [-0.2, -0.15) is 0 Å². The maximum absolute atomic E-state index is 11.7. The molecule has 0 aliphatic carbocycles. The second kappa shape index (κ2) is 6.00. The monoisotopic (exact) mass is 237 g/mol. The van der Waals surface area contributed by atoms with Gasteiger partial charge >= 0.3 is 5.97 Å². The fourth-order valence-corrected chi connectivity index (χ4v) is 1.40. The Balaban J connectivity index is 3.04. The summed E-state index contributed by atoms with van der Waals surface area (Å²) in [4.78, 5) is 24.6. The van der Waals surface area contributed by atoms with Crippen molar-refractivity contribution >= 4 is 17.6 Å². The van der Waals surface area contributed by atoms with Gasteiger partial charge < -0.3 is 14.4 Å². The summed E-state index contributed by atoms with van der Waals surface area (Å²) >= 11 is 0. The minimum absolute atomic E-state index is 0.0357. The van der Waals surface area contributed by atoms with E-state index in [1.54, 1.807) is 31.3 Å². The van der Waals surface area contributed by atoms with Crippen LogP contribution in [0.1, 0.15) is 10.4 Å². The molecule has 0 saturated heterocycles. The van der Waals surface area contributed by atoms with E-state index in [0.29, 0.717) is 11.3 Å².